The number of amides is 4. The number of thiophene rings is 1. The Balaban J connectivity index is 1.55. The largest absolute Gasteiger partial charge is 0.332 e. The third kappa shape index (κ3) is 4.64. The van der Waals surface area contributed by atoms with Gasteiger partial charge in [0.1, 0.15) is 11.9 Å². The fourth-order valence-corrected chi connectivity index (χ4v) is 4.21. The van der Waals surface area contributed by atoms with Crippen molar-refractivity contribution in [1.29, 1.82) is 0 Å². The summed E-state index contributed by atoms with van der Waals surface area (Å²) in [7, 11) is 0. The van der Waals surface area contributed by atoms with Crippen LogP contribution >= 0.6 is 11.3 Å². The summed E-state index contributed by atoms with van der Waals surface area (Å²) in [5.74, 6) is -1.32. The molecule has 4 amide bonds. The number of carbonyl (C=O) groups is 3. The van der Waals surface area contributed by atoms with E-state index in [0.717, 1.165) is 9.78 Å². The number of imide groups is 1. The van der Waals surface area contributed by atoms with E-state index in [0.29, 0.717) is 18.7 Å². The van der Waals surface area contributed by atoms with Gasteiger partial charge in [0.15, 0.2) is 0 Å². The minimum Gasteiger partial charge on any atom is -0.326 e. The van der Waals surface area contributed by atoms with Crippen LogP contribution in [-0.4, -0.2) is 35.3 Å². The van der Waals surface area contributed by atoms with Crippen molar-refractivity contribution in [2.45, 2.75) is 18.9 Å². The lowest BCUT2D eigenvalue weighted by Gasteiger charge is -2.21. The Morgan fingerprint density at radius 3 is 2.42 bits per heavy atom. The van der Waals surface area contributed by atoms with Crippen molar-refractivity contribution in [2.75, 3.05) is 16.8 Å². The van der Waals surface area contributed by atoms with Crippen LogP contribution < -0.4 is 10.2 Å². The summed E-state index contributed by atoms with van der Waals surface area (Å²) in [6, 6.07) is 16.5. The third-order valence-corrected chi connectivity index (χ3v) is 5.96. The zero-order valence-electron chi connectivity index (χ0n) is 16.5. The first-order valence-electron chi connectivity index (χ1n) is 9.80. The summed E-state index contributed by atoms with van der Waals surface area (Å²) >= 11 is 1.57. The van der Waals surface area contributed by atoms with Crippen molar-refractivity contribution in [3.05, 3.63) is 82.8 Å². The van der Waals surface area contributed by atoms with Crippen LogP contribution in [0, 0.1) is 5.82 Å². The molecule has 2 aromatic carbocycles. The van der Waals surface area contributed by atoms with Crippen LogP contribution in [-0.2, 0) is 16.0 Å². The van der Waals surface area contributed by atoms with Gasteiger partial charge >= 0.3 is 6.03 Å². The normalized spacial score (nSPS) is 16.1. The zero-order valence-corrected chi connectivity index (χ0v) is 17.3. The molecule has 1 unspecified atom stereocenters. The van der Waals surface area contributed by atoms with Gasteiger partial charge in [-0.25, -0.2) is 14.1 Å². The van der Waals surface area contributed by atoms with Crippen molar-refractivity contribution in [2.24, 2.45) is 0 Å². The Hall–Kier alpha value is -3.52. The molecule has 1 N–H and O–H groups in total. The average Bonchev–Trinajstić information content (AvgIpc) is 3.35. The van der Waals surface area contributed by atoms with Crippen LogP contribution in [0.5, 0.6) is 0 Å². The minimum absolute atomic E-state index is 0.165. The Morgan fingerprint density at radius 2 is 1.74 bits per heavy atom. The molecule has 0 radical (unpaired) electrons. The van der Waals surface area contributed by atoms with Gasteiger partial charge in [-0.1, -0.05) is 24.3 Å². The van der Waals surface area contributed by atoms with Gasteiger partial charge in [0.2, 0.25) is 5.91 Å². The molecular formula is C23H20FN3O3S. The van der Waals surface area contributed by atoms with Gasteiger partial charge in [0, 0.05) is 17.1 Å². The predicted molar refractivity (Wildman–Crippen MR) is 117 cm³/mol. The van der Waals surface area contributed by atoms with E-state index in [1.807, 2.05) is 23.6 Å². The Morgan fingerprint density at radius 1 is 1.00 bits per heavy atom. The maximum Gasteiger partial charge on any atom is 0.332 e. The second kappa shape index (κ2) is 9.09. The fourth-order valence-electron chi connectivity index (χ4n) is 3.51. The number of urea groups is 1. The summed E-state index contributed by atoms with van der Waals surface area (Å²) < 4.78 is 13.3. The molecule has 6 nitrogen and oxygen atoms in total. The second-order valence-corrected chi connectivity index (χ2v) is 8.12. The molecule has 1 fully saturated rings. The first kappa shape index (κ1) is 20.7. The van der Waals surface area contributed by atoms with Crippen LogP contribution in [0.2, 0.25) is 0 Å². The number of benzene rings is 2. The first-order chi connectivity index (χ1) is 15.0. The zero-order chi connectivity index (χ0) is 21.8. The van der Waals surface area contributed by atoms with Crippen LogP contribution in [0.25, 0.3) is 0 Å². The van der Waals surface area contributed by atoms with Crippen molar-refractivity contribution in [3.63, 3.8) is 0 Å². The Labute approximate surface area is 182 Å². The van der Waals surface area contributed by atoms with Crippen molar-refractivity contribution in [1.82, 2.24) is 4.90 Å². The van der Waals surface area contributed by atoms with E-state index >= 15 is 0 Å². The van der Waals surface area contributed by atoms with Gasteiger partial charge < -0.3 is 10.2 Å². The number of nitrogens with one attached hydrogen (secondary N) is 1. The summed E-state index contributed by atoms with van der Waals surface area (Å²) in [4.78, 5) is 42.4. The van der Waals surface area contributed by atoms with Crippen LogP contribution in [0.15, 0.2) is 72.1 Å². The minimum atomic E-state index is -0.929. The van der Waals surface area contributed by atoms with E-state index < -0.39 is 23.8 Å². The smallest absolute Gasteiger partial charge is 0.326 e. The third-order valence-electron chi connectivity index (χ3n) is 5.02. The Bertz CT molecular complexity index is 1070. The van der Waals surface area contributed by atoms with Gasteiger partial charge in [0.05, 0.1) is 12.1 Å². The molecule has 31 heavy (non-hydrogen) atoms. The van der Waals surface area contributed by atoms with E-state index in [9.17, 15) is 18.8 Å². The van der Waals surface area contributed by atoms with Crippen molar-refractivity contribution >= 4 is 40.6 Å². The highest BCUT2D eigenvalue weighted by Gasteiger charge is 2.46. The number of carbonyl (C=O) groups excluding carboxylic acids is 3. The summed E-state index contributed by atoms with van der Waals surface area (Å²) in [6.45, 7) is 0.298. The topological polar surface area (TPSA) is 69.7 Å². The van der Waals surface area contributed by atoms with Gasteiger partial charge in [-0.05, 0) is 54.3 Å². The Kier molecular flexibility index (Phi) is 6.08. The number of hydrogen-bond donors (Lipinski definition) is 1. The predicted octanol–water partition coefficient (Wildman–Crippen LogP) is 4.30. The van der Waals surface area contributed by atoms with Crippen LogP contribution in [0.1, 0.15) is 11.3 Å². The molecule has 1 atom stereocenters. The van der Waals surface area contributed by atoms with Crippen LogP contribution in [0.4, 0.5) is 20.6 Å². The van der Waals surface area contributed by atoms with E-state index in [-0.39, 0.29) is 18.0 Å². The SMILES string of the molecule is O=C(CC1C(=O)N(c2ccc(F)cc2)C(=O)N1CCc1cccs1)Nc1ccccc1. The molecule has 1 aliphatic heterocycles. The van der Waals surface area contributed by atoms with Gasteiger partial charge in [-0.3, -0.25) is 9.59 Å². The molecule has 0 aliphatic carbocycles. The average molecular weight is 437 g/mol. The number of nitrogens with zero attached hydrogens (tertiary/aromatic N) is 2. The highest BCUT2D eigenvalue weighted by Crippen LogP contribution is 2.28. The van der Waals surface area contributed by atoms with Crippen molar-refractivity contribution in [3.8, 4) is 0 Å². The summed E-state index contributed by atoms with van der Waals surface area (Å²) in [6.07, 6.45) is 0.409. The van der Waals surface area contributed by atoms with E-state index in [1.54, 1.807) is 35.6 Å². The van der Waals surface area contributed by atoms with E-state index in [1.165, 1.54) is 29.2 Å². The number of halogens is 1. The molecule has 158 valence electrons. The van der Waals surface area contributed by atoms with E-state index in [4.69, 9.17) is 0 Å². The molecule has 1 saturated heterocycles. The molecule has 4 rings (SSSR count). The van der Waals surface area contributed by atoms with Gasteiger partial charge in [-0.2, -0.15) is 0 Å². The standard InChI is InChI=1S/C23H20FN3O3S/c24-16-8-10-18(11-9-16)27-22(29)20(15-21(28)25-17-5-2-1-3-6-17)26(23(27)30)13-12-19-7-4-14-31-19/h1-11,14,20H,12-13,15H2,(H,25,28). The highest BCUT2D eigenvalue weighted by atomic mass is 32.1. The lowest BCUT2D eigenvalue weighted by atomic mass is 10.1. The molecule has 0 spiro atoms. The van der Waals surface area contributed by atoms with Crippen molar-refractivity contribution < 1.29 is 18.8 Å². The fraction of sp³-hybridized carbons (Fsp3) is 0.174. The lowest BCUT2D eigenvalue weighted by molar-refractivity contribution is -0.124. The molecule has 3 aromatic rings. The molecule has 0 saturated carbocycles. The number of para-hydroxylation sites is 1. The molecule has 1 aliphatic rings. The molecule has 0 bridgehead atoms. The molecule has 8 heteroatoms. The van der Waals surface area contributed by atoms with Gasteiger partial charge in [0.25, 0.3) is 5.91 Å². The lowest BCUT2D eigenvalue weighted by Crippen LogP contribution is -2.39. The monoisotopic (exact) mass is 437 g/mol. The maximum atomic E-state index is 13.3. The highest BCUT2D eigenvalue weighted by molar-refractivity contribution is 7.09. The molecular weight excluding hydrogens is 417 g/mol. The first-order valence-corrected chi connectivity index (χ1v) is 10.7. The number of rotatable bonds is 7. The maximum absolute atomic E-state index is 13.3. The molecule has 1 aromatic heterocycles. The molecule has 2 heterocycles. The van der Waals surface area contributed by atoms with Gasteiger partial charge in [-0.15, -0.1) is 11.3 Å². The number of anilines is 2. The second-order valence-electron chi connectivity index (χ2n) is 7.09. The van der Waals surface area contributed by atoms with Crippen LogP contribution in [0.3, 0.4) is 0 Å². The summed E-state index contributed by atoms with van der Waals surface area (Å²) in [5, 5.41) is 4.71. The number of hydrogen-bond acceptors (Lipinski definition) is 4. The summed E-state index contributed by atoms with van der Waals surface area (Å²) in [5.41, 5.74) is 0.897. The quantitative estimate of drug-likeness (QED) is 0.561. The van der Waals surface area contributed by atoms with E-state index in [2.05, 4.69) is 5.32 Å².